The highest BCUT2D eigenvalue weighted by Crippen LogP contribution is 2.13. The number of carbonyl (C=O) groups is 1. The maximum Gasteiger partial charge on any atom is 0.184 e. The Labute approximate surface area is 130 Å². The van der Waals surface area contributed by atoms with Crippen LogP contribution in [0, 0.1) is 0 Å². The lowest BCUT2D eigenvalue weighted by Crippen LogP contribution is -2.30. The van der Waals surface area contributed by atoms with Gasteiger partial charge in [-0.1, -0.05) is 64.7 Å². The van der Waals surface area contributed by atoms with E-state index in [1.54, 1.807) is 19.1 Å². The van der Waals surface area contributed by atoms with E-state index in [2.05, 4.69) is 6.92 Å². The first-order valence-corrected chi connectivity index (χ1v) is 8.73. The van der Waals surface area contributed by atoms with E-state index in [1.165, 1.54) is 57.8 Å². The van der Waals surface area contributed by atoms with Gasteiger partial charge in [-0.3, -0.25) is 4.79 Å². The standard InChI is InChI=1S/C18H32O3/c1-3-4-5-6-7-8-9-10-11-12-15-20-18-14-13-17(19)16(2)21-18/h13-14,16,18H,3-12,15H2,1-2H3/t16-,18+/m0/s1. The van der Waals surface area contributed by atoms with Gasteiger partial charge >= 0.3 is 0 Å². The van der Waals surface area contributed by atoms with Crippen LogP contribution in [-0.2, 0) is 14.3 Å². The quantitative estimate of drug-likeness (QED) is 0.486. The van der Waals surface area contributed by atoms with Crippen molar-refractivity contribution in [1.82, 2.24) is 0 Å². The minimum Gasteiger partial charge on any atom is -0.349 e. The molecule has 0 fully saturated rings. The van der Waals surface area contributed by atoms with Gasteiger partial charge in [0.05, 0.1) is 6.61 Å². The summed E-state index contributed by atoms with van der Waals surface area (Å²) in [5.74, 6) is 0.0220. The van der Waals surface area contributed by atoms with Crippen LogP contribution < -0.4 is 0 Å². The molecule has 0 bridgehead atoms. The third-order valence-corrected chi connectivity index (χ3v) is 3.94. The number of unbranched alkanes of at least 4 members (excludes halogenated alkanes) is 9. The van der Waals surface area contributed by atoms with Crippen molar-refractivity contribution < 1.29 is 14.3 Å². The molecule has 122 valence electrons. The Morgan fingerprint density at radius 3 is 2.14 bits per heavy atom. The summed E-state index contributed by atoms with van der Waals surface area (Å²) in [5, 5.41) is 0. The first-order chi connectivity index (χ1) is 10.2. The van der Waals surface area contributed by atoms with Crippen LogP contribution in [0.2, 0.25) is 0 Å². The molecule has 0 aromatic carbocycles. The Hall–Kier alpha value is -0.670. The van der Waals surface area contributed by atoms with Crippen LogP contribution in [0.3, 0.4) is 0 Å². The van der Waals surface area contributed by atoms with Gasteiger partial charge in [-0.2, -0.15) is 0 Å². The Bertz CT molecular complexity index is 299. The van der Waals surface area contributed by atoms with Crippen LogP contribution in [0.25, 0.3) is 0 Å². The maximum absolute atomic E-state index is 11.2. The summed E-state index contributed by atoms with van der Waals surface area (Å²) in [4.78, 5) is 11.2. The summed E-state index contributed by atoms with van der Waals surface area (Å²) in [7, 11) is 0. The van der Waals surface area contributed by atoms with Crippen LogP contribution in [0.1, 0.15) is 78.1 Å². The molecular weight excluding hydrogens is 264 g/mol. The molecule has 0 aliphatic carbocycles. The minimum absolute atomic E-state index is 0.0220. The topological polar surface area (TPSA) is 35.5 Å². The maximum atomic E-state index is 11.2. The van der Waals surface area contributed by atoms with Crippen LogP contribution >= 0.6 is 0 Å². The van der Waals surface area contributed by atoms with Gasteiger partial charge < -0.3 is 9.47 Å². The number of rotatable bonds is 12. The summed E-state index contributed by atoms with van der Waals surface area (Å²) < 4.78 is 11.0. The SMILES string of the molecule is CCCCCCCCCCCCO[C@H]1C=CC(=O)[C@H](C)O1. The highest BCUT2D eigenvalue weighted by molar-refractivity contribution is 5.93. The van der Waals surface area contributed by atoms with Gasteiger partial charge in [-0.15, -0.1) is 0 Å². The van der Waals surface area contributed by atoms with Crippen molar-refractivity contribution in [3.05, 3.63) is 12.2 Å². The zero-order valence-corrected chi connectivity index (χ0v) is 13.8. The molecule has 0 aromatic rings. The zero-order valence-electron chi connectivity index (χ0n) is 13.8. The van der Waals surface area contributed by atoms with Crippen molar-refractivity contribution in [3.8, 4) is 0 Å². The van der Waals surface area contributed by atoms with Gasteiger partial charge in [-0.25, -0.2) is 0 Å². The summed E-state index contributed by atoms with van der Waals surface area (Å²) in [5.41, 5.74) is 0. The fraction of sp³-hybridized carbons (Fsp3) is 0.833. The van der Waals surface area contributed by atoms with Crippen LogP contribution in [0.15, 0.2) is 12.2 Å². The molecule has 0 saturated heterocycles. The molecule has 21 heavy (non-hydrogen) atoms. The average molecular weight is 296 g/mol. The second-order valence-electron chi connectivity index (χ2n) is 5.96. The average Bonchev–Trinajstić information content (AvgIpc) is 2.48. The van der Waals surface area contributed by atoms with Crippen molar-refractivity contribution in [2.45, 2.75) is 90.4 Å². The second kappa shape index (κ2) is 11.9. The van der Waals surface area contributed by atoms with E-state index in [0.29, 0.717) is 6.61 Å². The number of hydrogen-bond donors (Lipinski definition) is 0. The van der Waals surface area contributed by atoms with Crippen molar-refractivity contribution in [1.29, 1.82) is 0 Å². The van der Waals surface area contributed by atoms with E-state index in [1.807, 2.05) is 0 Å². The number of carbonyl (C=O) groups excluding carboxylic acids is 1. The Balaban J connectivity index is 1.85. The highest BCUT2D eigenvalue weighted by Gasteiger charge is 2.20. The fourth-order valence-electron chi connectivity index (χ4n) is 2.51. The Morgan fingerprint density at radius 2 is 1.57 bits per heavy atom. The van der Waals surface area contributed by atoms with Crippen LogP contribution in [0.4, 0.5) is 0 Å². The van der Waals surface area contributed by atoms with Crippen molar-refractivity contribution in [2.24, 2.45) is 0 Å². The lowest BCUT2D eigenvalue weighted by molar-refractivity contribution is -0.159. The largest absolute Gasteiger partial charge is 0.349 e. The van der Waals surface area contributed by atoms with E-state index in [0.717, 1.165) is 6.42 Å². The second-order valence-corrected chi connectivity index (χ2v) is 5.96. The zero-order chi connectivity index (χ0) is 15.3. The van der Waals surface area contributed by atoms with E-state index >= 15 is 0 Å². The van der Waals surface area contributed by atoms with E-state index in [4.69, 9.17) is 9.47 Å². The van der Waals surface area contributed by atoms with Gasteiger partial charge in [0, 0.05) is 0 Å². The molecule has 0 aromatic heterocycles. The molecule has 0 N–H and O–H groups in total. The molecule has 0 radical (unpaired) electrons. The first kappa shape index (κ1) is 18.4. The molecule has 1 heterocycles. The molecule has 0 amide bonds. The van der Waals surface area contributed by atoms with Crippen molar-refractivity contribution >= 4 is 5.78 Å². The molecule has 3 heteroatoms. The first-order valence-electron chi connectivity index (χ1n) is 8.73. The number of hydrogen-bond acceptors (Lipinski definition) is 3. The molecule has 3 nitrogen and oxygen atoms in total. The molecule has 1 rings (SSSR count). The van der Waals surface area contributed by atoms with Gasteiger partial charge in [0.1, 0.15) is 6.10 Å². The smallest absolute Gasteiger partial charge is 0.184 e. The summed E-state index contributed by atoms with van der Waals surface area (Å²) in [6, 6.07) is 0. The van der Waals surface area contributed by atoms with E-state index < -0.39 is 0 Å². The van der Waals surface area contributed by atoms with E-state index in [9.17, 15) is 4.79 Å². The minimum atomic E-state index is -0.368. The van der Waals surface area contributed by atoms with Gasteiger partial charge in [0.25, 0.3) is 0 Å². The fourth-order valence-corrected chi connectivity index (χ4v) is 2.51. The van der Waals surface area contributed by atoms with Crippen molar-refractivity contribution in [3.63, 3.8) is 0 Å². The molecule has 1 aliphatic heterocycles. The van der Waals surface area contributed by atoms with Gasteiger partial charge in [-0.05, 0) is 25.5 Å². The molecule has 1 aliphatic rings. The lowest BCUT2D eigenvalue weighted by Gasteiger charge is -2.22. The predicted molar refractivity (Wildman–Crippen MR) is 86.3 cm³/mol. The van der Waals surface area contributed by atoms with Gasteiger partial charge in [0.2, 0.25) is 0 Å². The van der Waals surface area contributed by atoms with E-state index in [-0.39, 0.29) is 18.2 Å². The Morgan fingerprint density at radius 1 is 1.00 bits per heavy atom. The molecule has 0 saturated carbocycles. The summed E-state index contributed by atoms with van der Waals surface area (Å²) in [6.07, 6.45) is 15.8. The van der Waals surface area contributed by atoms with Gasteiger partial charge in [0.15, 0.2) is 12.1 Å². The lowest BCUT2D eigenvalue weighted by atomic mass is 10.1. The highest BCUT2D eigenvalue weighted by atomic mass is 16.7. The summed E-state index contributed by atoms with van der Waals surface area (Å²) >= 11 is 0. The Kier molecular flexibility index (Phi) is 10.4. The normalized spacial score (nSPS) is 21.9. The third-order valence-electron chi connectivity index (χ3n) is 3.94. The molecule has 2 atom stereocenters. The summed E-state index contributed by atoms with van der Waals surface area (Å²) in [6.45, 7) is 4.74. The van der Waals surface area contributed by atoms with Crippen LogP contribution in [0.5, 0.6) is 0 Å². The molecular formula is C18H32O3. The van der Waals surface area contributed by atoms with Crippen molar-refractivity contribution in [2.75, 3.05) is 6.61 Å². The van der Waals surface area contributed by atoms with Crippen LogP contribution in [-0.4, -0.2) is 24.8 Å². The predicted octanol–water partition coefficient (Wildman–Crippen LogP) is 4.79. The molecule has 0 unspecified atom stereocenters. The monoisotopic (exact) mass is 296 g/mol. The number of ether oxygens (including phenoxy) is 2. The molecule has 0 spiro atoms. The third kappa shape index (κ3) is 9.05. The number of ketones is 1.